The molecule has 2 amide bonds. The highest BCUT2D eigenvalue weighted by Crippen LogP contribution is 2.35. The van der Waals surface area contributed by atoms with E-state index in [2.05, 4.69) is 30.6 Å². The molecule has 4 heterocycles. The summed E-state index contributed by atoms with van der Waals surface area (Å²) >= 11 is 0. The Morgan fingerprint density at radius 1 is 1.03 bits per heavy atom. The molecule has 0 spiro atoms. The molecule has 1 saturated heterocycles. The number of nitrogens with one attached hydrogen (secondary N) is 2. The van der Waals surface area contributed by atoms with Crippen LogP contribution in [0.5, 0.6) is 0 Å². The van der Waals surface area contributed by atoms with Crippen molar-refractivity contribution in [3.8, 4) is 11.1 Å². The number of alkyl halides is 3. The molecular weight excluding hydrogens is 527 g/mol. The largest absolute Gasteiger partial charge is 0.416 e. The van der Waals surface area contributed by atoms with E-state index in [-0.39, 0.29) is 22.5 Å². The van der Waals surface area contributed by atoms with Crippen LogP contribution in [0.1, 0.15) is 11.3 Å². The number of morpholine rings is 1. The lowest BCUT2D eigenvalue weighted by Crippen LogP contribution is -2.36. The lowest BCUT2D eigenvalue weighted by atomic mass is 10.0. The first-order valence-corrected chi connectivity index (χ1v) is 11.6. The average Bonchev–Trinajstić information content (AvgIpc) is 3.25. The van der Waals surface area contributed by atoms with Crippen LogP contribution in [-0.2, 0) is 17.5 Å². The number of pyridine rings is 1. The number of nitrogens with two attached hydrogens (primary N) is 1. The summed E-state index contributed by atoms with van der Waals surface area (Å²) in [6.45, 7) is 2.96. The number of carbonyl (C=O) groups excluding carboxylic acids is 1. The Morgan fingerprint density at radius 3 is 2.54 bits per heavy atom. The van der Waals surface area contributed by atoms with E-state index in [9.17, 15) is 18.0 Å². The molecule has 3 aromatic heterocycles. The van der Waals surface area contributed by atoms with Gasteiger partial charge in [0.2, 0.25) is 0 Å². The lowest BCUT2D eigenvalue weighted by molar-refractivity contribution is -0.137. The molecule has 4 aromatic rings. The fraction of sp³-hybridized carbons (Fsp3) is 0.250. The first-order valence-electron chi connectivity index (χ1n) is 11.6. The highest BCUT2D eigenvalue weighted by Gasteiger charge is 2.31. The minimum absolute atomic E-state index is 0.0585. The molecule has 0 saturated carbocycles. The summed E-state index contributed by atoms with van der Waals surface area (Å²) in [5.41, 5.74) is 5.55. The number of hydrogen-bond acceptors (Lipinski definition) is 7. The van der Waals surface area contributed by atoms with Gasteiger partial charge in [0.15, 0.2) is 5.82 Å². The number of hydrogen-bond donors (Lipinski definition) is 3. The number of aromatic nitrogens is 4. The Balaban J connectivity index is 1.42. The van der Waals surface area contributed by atoms with Crippen molar-refractivity contribution in [2.45, 2.75) is 12.7 Å². The van der Waals surface area contributed by atoms with Gasteiger partial charge < -0.3 is 15.8 Å². The number of benzene rings is 1. The minimum atomic E-state index is -4.65. The standard InChI is InChI=1S/C24H21F5N8O2/c25-17-10-19(34-23(38)35-20-7-13(1-2-31-20)24(27,28)29)18(26)9-15(17)16-8-14(11-36-3-5-39-6-4-36)37-21(16)22(30)32-12-33-37/h1-2,7-10,12H,3-6,11H2,(H2,30,32,33)(H2,31,34,35,38). The SMILES string of the molecule is Nc1ncnn2c(CN3CCOCC3)cc(-c3cc(F)c(NC(=O)Nc4cc(C(F)(F)F)ccn4)cc3F)c12. The third-order valence-corrected chi connectivity index (χ3v) is 6.07. The zero-order valence-corrected chi connectivity index (χ0v) is 20.1. The van der Waals surface area contributed by atoms with Crippen LogP contribution in [0.2, 0.25) is 0 Å². The molecule has 204 valence electrons. The Labute approximate surface area is 217 Å². The van der Waals surface area contributed by atoms with E-state index in [0.717, 1.165) is 24.4 Å². The number of rotatable bonds is 5. The van der Waals surface area contributed by atoms with Gasteiger partial charge in [-0.1, -0.05) is 0 Å². The summed E-state index contributed by atoms with van der Waals surface area (Å²) in [4.78, 5) is 22.0. The van der Waals surface area contributed by atoms with Gasteiger partial charge in [0, 0.05) is 43.0 Å². The monoisotopic (exact) mass is 548 g/mol. The van der Waals surface area contributed by atoms with Crippen molar-refractivity contribution < 1.29 is 31.5 Å². The molecule has 0 bridgehead atoms. The molecule has 39 heavy (non-hydrogen) atoms. The summed E-state index contributed by atoms with van der Waals surface area (Å²) in [5, 5.41) is 8.39. The van der Waals surface area contributed by atoms with Crippen molar-refractivity contribution in [3.63, 3.8) is 0 Å². The average molecular weight is 548 g/mol. The second kappa shape index (κ2) is 10.4. The van der Waals surface area contributed by atoms with E-state index in [1.807, 2.05) is 0 Å². The van der Waals surface area contributed by atoms with E-state index < -0.39 is 40.9 Å². The molecule has 1 aliphatic heterocycles. The molecule has 10 nitrogen and oxygen atoms in total. The molecule has 0 aliphatic carbocycles. The number of amides is 2. The highest BCUT2D eigenvalue weighted by molar-refractivity contribution is 5.99. The molecule has 15 heteroatoms. The van der Waals surface area contributed by atoms with Crippen molar-refractivity contribution in [1.29, 1.82) is 0 Å². The molecule has 5 rings (SSSR count). The molecule has 0 radical (unpaired) electrons. The second-order valence-corrected chi connectivity index (χ2v) is 8.66. The van der Waals surface area contributed by atoms with Crippen LogP contribution in [0.25, 0.3) is 16.6 Å². The van der Waals surface area contributed by atoms with Crippen LogP contribution in [0.4, 0.5) is 44.1 Å². The van der Waals surface area contributed by atoms with E-state index >= 15 is 8.78 Å². The Hall–Kier alpha value is -4.37. The van der Waals surface area contributed by atoms with Gasteiger partial charge in [0.25, 0.3) is 0 Å². The van der Waals surface area contributed by atoms with Crippen molar-refractivity contribution >= 4 is 28.9 Å². The summed E-state index contributed by atoms with van der Waals surface area (Å²) in [7, 11) is 0. The zero-order valence-electron chi connectivity index (χ0n) is 20.1. The first-order chi connectivity index (χ1) is 18.6. The lowest BCUT2D eigenvalue weighted by Gasteiger charge is -2.26. The summed E-state index contributed by atoms with van der Waals surface area (Å²) in [6, 6.07) is 3.51. The molecule has 1 aliphatic rings. The van der Waals surface area contributed by atoms with Crippen LogP contribution >= 0.6 is 0 Å². The number of fused-ring (bicyclic) bond motifs is 1. The van der Waals surface area contributed by atoms with Crippen LogP contribution in [0.3, 0.4) is 0 Å². The van der Waals surface area contributed by atoms with Gasteiger partial charge in [-0.2, -0.15) is 18.3 Å². The Morgan fingerprint density at radius 2 is 1.79 bits per heavy atom. The first kappa shape index (κ1) is 26.2. The van der Waals surface area contributed by atoms with E-state index in [4.69, 9.17) is 10.5 Å². The quantitative estimate of drug-likeness (QED) is 0.320. The van der Waals surface area contributed by atoms with Gasteiger partial charge in [-0.15, -0.1) is 0 Å². The Kier molecular flexibility index (Phi) is 7.01. The number of ether oxygens (including phenoxy) is 1. The number of anilines is 3. The maximum atomic E-state index is 15.3. The van der Waals surface area contributed by atoms with Gasteiger partial charge in [-0.05, 0) is 24.3 Å². The predicted octanol–water partition coefficient (Wildman–Crippen LogP) is 4.15. The highest BCUT2D eigenvalue weighted by atomic mass is 19.4. The van der Waals surface area contributed by atoms with Crippen LogP contribution < -0.4 is 16.4 Å². The second-order valence-electron chi connectivity index (χ2n) is 8.66. The minimum Gasteiger partial charge on any atom is -0.382 e. The van der Waals surface area contributed by atoms with Crippen molar-refractivity contribution in [2.75, 3.05) is 42.7 Å². The Bertz CT molecular complexity index is 1540. The smallest absolute Gasteiger partial charge is 0.382 e. The van der Waals surface area contributed by atoms with Crippen molar-refractivity contribution in [3.05, 3.63) is 65.7 Å². The molecular formula is C24H21F5N8O2. The third-order valence-electron chi connectivity index (χ3n) is 6.07. The van der Waals surface area contributed by atoms with Gasteiger partial charge in [0.05, 0.1) is 30.2 Å². The fourth-order valence-corrected chi connectivity index (χ4v) is 4.23. The van der Waals surface area contributed by atoms with Gasteiger partial charge in [0.1, 0.15) is 29.3 Å². The summed E-state index contributed by atoms with van der Waals surface area (Å²) in [6.07, 6.45) is -2.53. The number of carbonyl (C=O) groups is 1. The van der Waals surface area contributed by atoms with Gasteiger partial charge in [-0.25, -0.2) is 28.1 Å². The number of urea groups is 1. The maximum absolute atomic E-state index is 15.3. The molecule has 0 unspecified atom stereocenters. The van der Waals surface area contributed by atoms with E-state index in [1.165, 1.54) is 10.8 Å². The van der Waals surface area contributed by atoms with Crippen molar-refractivity contribution in [1.82, 2.24) is 24.5 Å². The number of halogens is 5. The number of nitrogen functional groups attached to an aromatic ring is 1. The normalized spacial score (nSPS) is 14.5. The molecule has 1 aromatic carbocycles. The molecule has 4 N–H and O–H groups in total. The summed E-state index contributed by atoms with van der Waals surface area (Å²) < 4.78 is 75.9. The zero-order chi connectivity index (χ0) is 27.7. The van der Waals surface area contributed by atoms with Crippen LogP contribution in [-0.4, -0.2) is 56.8 Å². The maximum Gasteiger partial charge on any atom is 0.416 e. The summed E-state index contributed by atoms with van der Waals surface area (Å²) in [5.74, 6) is -2.26. The van der Waals surface area contributed by atoms with Gasteiger partial charge >= 0.3 is 12.2 Å². The topological polar surface area (TPSA) is 123 Å². The van der Waals surface area contributed by atoms with E-state index in [1.54, 1.807) is 6.07 Å². The molecule has 1 fully saturated rings. The predicted molar refractivity (Wildman–Crippen MR) is 131 cm³/mol. The van der Waals surface area contributed by atoms with Crippen LogP contribution in [0, 0.1) is 11.6 Å². The molecule has 0 atom stereocenters. The third kappa shape index (κ3) is 5.58. The fourth-order valence-electron chi connectivity index (χ4n) is 4.23. The van der Waals surface area contributed by atoms with Crippen molar-refractivity contribution in [2.24, 2.45) is 0 Å². The van der Waals surface area contributed by atoms with Crippen LogP contribution in [0.15, 0.2) is 42.9 Å². The number of nitrogens with zero attached hydrogens (tertiary/aromatic N) is 5. The van der Waals surface area contributed by atoms with E-state index in [0.29, 0.717) is 44.6 Å². The van der Waals surface area contributed by atoms with Gasteiger partial charge in [-0.3, -0.25) is 10.2 Å².